The Morgan fingerprint density at radius 1 is 1.47 bits per heavy atom. The molecule has 1 unspecified atom stereocenters. The summed E-state index contributed by atoms with van der Waals surface area (Å²) < 4.78 is 19.5. The standard InChI is InChI=1S/C15H21ClFNO/c1-18-11(10-15(19-2)7-4-8-15)9-12-13(16)5-3-6-14(12)17/h3,5-6,11,18H,4,7-10H2,1-2H3. The van der Waals surface area contributed by atoms with Crippen LogP contribution in [-0.2, 0) is 11.2 Å². The van der Waals surface area contributed by atoms with E-state index >= 15 is 0 Å². The van der Waals surface area contributed by atoms with Crippen molar-refractivity contribution in [1.82, 2.24) is 5.32 Å². The average Bonchev–Trinajstić information content (AvgIpc) is 2.36. The Hall–Kier alpha value is -0.640. The highest BCUT2D eigenvalue weighted by atomic mass is 35.5. The highest BCUT2D eigenvalue weighted by molar-refractivity contribution is 6.31. The maximum absolute atomic E-state index is 13.8. The number of hydrogen-bond acceptors (Lipinski definition) is 2. The van der Waals surface area contributed by atoms with Gasteiger partial charge in [0.1, 0.15) is 5.82 Å². The molecule has 106 valence electrons. The molecule has 0 saturated heterocycles. The van der Waals surface area contributed by atoms with Crippen LogP contribution in [0, 0.1) is 5.82 Å². The van der Waals surface area contributed by atoms with Crippen LogP contribution in [0.15, 0.2) is 18.2 Å². The van der Waals surface area contributed by atoms with Gasteiger partial charge in [-0.25, -0.2) is 4.39 Å². The van der Waals surface area contributed by atoms with Crippen LogP contribution in [0.5, 0.6) is 0 Å². The van der Waals surface area contributed by atoms with Gasteiger partial charge in [0.2, 0.25) is 0 Å². The van der Waals surface area contributed by atoms with E-state index in [0.717, 1.165) is 19.3 Å². The Labute approximate surface area is 119 Å². The zero-order valence-electron chi connectivity index (χ0n) is 11.5. The van der Waals surface area contributed by atoms with E-state index in [4.69, 9.17) is 16.3 Å². The van der Waals surface area contributed by atoms with Gasteiger partial charge < -0.3 is 10.1 Å². The molecule has 1 aliphatic carbocycles. The Morgan fingerprint density at radius 3 is 2.68 bits per heavy atom. The third-order valence-electron chi connectivity index (χ3n) is 4.24. The zero-order chi connectivity index (χ0) is 13.9. The highest BCUT2D eigenvalue weighted by Crippen LogP contribution is 2.39. The molecule has 0 bridgehead atoms. The minimum atomic E-state index is -0.229. The van der Waals surface area contributed by atoms with Crippen molar-refractivity contribution in [2.24, 2.45) is 0 Å². The predicted octanol–water partition coefficient (Wildman–Crippen LogP) is 3.57. The van der Waals surface area contributed by atoms with Crippen LogP contribution in [0.4, 0.5) is 4.39 Å². The van der Waals surface area contributed by atoms with Gasteiger partial charge in [0.15, 0.2) is 0 Å². The van der Waals surface area contributed by atoms with E-state index in [0.29, 0.717) is 17.0 Å². The van der Waals surface area contributed by atoms with Gasteiger partial charge in [-0.1, -0.05) is 17.7 Å². The normalized spacial score (nSPS) is 18.9. The third kappa shape index (κ3) is 3.28. The molecule has 2 nitrogen and oxygen atoms in total. The predicted molar refractivity (Wildman–Crippen MR) is 76.2 cm³/mol. The Balaban J connectivity index is 2.07. The van der Waals surface area contributed by atoms with E-state index in [1.165, 1.54) is 12.5 Å². The van der Waals surface area contributed by atoms with Gasteiger partial charge in [0.25, 0.3) is 0 Å². The maximum atomic E-state index is 13.8. The molecule has 1 N–H and O–H groups in total. The van der Waals surface area contributed by atoms with Crippen LogP contribution in [-0.4, -0.2) is 25.8 Å². The lowest BCUT2D eigenvalue weighted by atomic mass is 9.75. The van der Waals surface area contributed by atoms with Gasteiger partial charge >= 0.3 is 0 Å². The van der Waals surface area contributed by atoms with Crippen molar-refractivity contribution in [2.75, 3.05) is 14.2 Å². The molecule has 1 atom stereocenters. The molecular formula is C15H21ClFNO. The Morgan fingerprint density at radius 2 is 2.21 bits per heavy atom. The van der Waals surface area contributed by atoms with Crippen LogP contribution < -0.4 is 5.32 Å². The Kier molecular flexibility index (Phi) is 4.82. The molecule has 1 fully saturated rings. The number of benzene rings is 1. The third-order valence-corrected chi connectivity index (χ3v) is 4.59. The molecule has 1 saturated carbocycles. The number of ether oxygens (including phenoxy) is 1. The second kappa shape index (κ2) is 6.21. The second-order valence-electron chi connectivity index (χ2n) is 5.33. The zero-order valence-corrected chi connectivity index (χ0v) is 12.3. The molecule has 1 aromatic carbocycles. The second-order valence-corrected chi connectivity index (χ2v) is 5.74. The minimum Gasteiger partial charge on any atom is -0.378 e. The molecular weight excluding hydrogens is 265 g/mol. The molecule has 1 aromatic rings. The van der Waals surface area contributed by atoms with Crippen molar-refractivity contribution in [3.05, 3.63) is 34.6 Å². The first kappa shape index (κ1) is 14.8. The molecule has 0 aromatic heterocycles. The number of halogens is 2. The minimum absolute atomic E-state index is 0.0224. The monoisotopic (exact) mass is 285 g/mol. The molecule has 1 aliphatic rings. The summed E-state index contributed by atoms with van der Waals surface area (Å²) in [5, 5.41) is 3.76. The van der Waals surface area contributed by atoms with Crippen molar-refractivity contribution < 1.29 is 9.13 Å². The topological polar surface area (TPSA) is 21.3 Å². The van der Waals surface area contributed by atoms with E-state index in [2.05, 4.69) is 5.32 Å². The number of methoxy groups -OCH3 is 1. The summed E-state index contributed by atoms with van der Waals surface area (Å²) in [6.07, 6.45) is 4.88. The summed E-state index contributed by atoms with van der Waals surface area (Å²) in [5.41, 5.74) is 0.569. The first-order chi connectivity index (χ1) is 9.10. The smallest absolute Gasteiger partial charge is 0.127 e. The molecule has 2 rings (SSSR count). The van der Waals surface area contributed by atoms with Crippen molar-refractivity contribution in [1.29, 1.82) is 0 Å². The molecule has 0 amide bonds. The van der Waals surface area contributed by atoms with Crippen LogP contribution in [0.25, 0.3) is 0 Å². The maximum Gasteiger partial charge on any atom is 0.127 e. The van der Waals surface area contributed by atoms with Crippen molar-refractivity contribution in [3.8, 4) is 0 Å². The summed E-state index contributed by atoms with van der Waals surface area (Å²) in [7, 11) is 3.67. The summed E-state index contributed by atoms with van der Waals surface area (Å²) in [5.74, 6) is -0.229. The summed E-state index contributed by atoms with van der Waals surface area (Å²) in [4.78, 5) is 0. The summed E-state index contributed by atoms with van der Waals surface area (Å²) in [6, 6.07) is 5.01. The number of likely N-dealkylation sites (N-methyl/N-ethyl adjacent to an activating group) is 1. The van der Waals surface area contributed by atoms with Crippen LogP contribution in [0.3, 0.4) is 0 Å². The summed E-state index contributed by atoms with van der Waals surface area (Å²) in [6.45, 7) is 0. The van der Waals surface area contributed by atoms with Gasteiger partial charge in [-0.2, -0.15) is 0 Å². The van der Waals surface area contributed by atoms with Gasteiger partial charge in [-0.15, -0.1) is 0 Å². The van der Waals surface area contributed by atoms with Crippen LogP contribution in [0.2, 0.25) is 5.02 Å². The van der Waals surface area contributed by atoms with Gasteiger partial charge in [0, 0.05) is 23.7 Å². The number of rotatable bonds is 6. The van der Waals surface area contributed by atoms with E-state index in [-0.39, 0.29) is 17.5 Å². The largest absolute Gasteiger partial charge is 0.378 e. The number of hydrogen-bond donors (Lipinski definition) is 1. The molecule has 0 heterocycles. The fourth-order valence-corrected chi connectivity index (χ4v) is 3.00. The molecule has 4 heteroatoms. The average molecular weight is 286 g/mol. The van der Waals surface area contributed by atoms with Crippen molar-refractivity contribution in [3.63, 3.8) is 0 Å². The molecule has 0 radical (unpaired) electrons. The van der Waals surface area contributed by atoms with Crippen molar-refractivity contribution in [2.45, 2.75) is 43.7 Å². The van der Waals surface area contributed by atoms with E-state index in [1.54, 1.807) is 19.2 Å². The first-order valence-electron chi connectivity index (χ1n) is 6.75. The molecule has 0 aliphatic heterocycles. The Bertz CT molecular complexity index is 408. The lowest BCUT2D eigenvalue weighted by molar-refractivity contribution is -0.0830. The SMILES string of the molecule is CNC(Cc1c(F)cccc1Cl)CC1(OC)CCC1. The number of nitrogens with one attached hydrogen (secondary N) is 1. The van der Waals surface area contributed by atoms with Crippen molar-refractivity contribution >= 4 is 11.6 Å². The quantitative estimate of drug-likeness (QED) is 0.863. The van der Waals surface area contributed by atoms with Crippen LogP contribution in [0.1, 0.15) is 31.2 Å². The van der Waals surface area contributed by atoms with E-state index in [9.17, 15) is 4.39 Å². The fraction of sp³-hybridized carbons (Fsp3) is 0.600. The molecule has 0 spiro atoms. The van der Waals surface area contributed by atoms with E-state index in [1.807, 2.05) is 7.05 Å². The lowest BCUT2D eigenvalue weighted by Crippen LogP contribution is -2.46. The highest BCUT2D eigenvalue weighted by Gasteiger charge is 2.38. The van der Waals surface area contributed by atoms with Crippen LogP contribution >= 0.6 is 11.6 Å². The fourth-order valence-electron chi connectivity index (χ4n) is 2.76. The van der Waals surface area contributed by atoms with E-state index < -0.39 is 0 Å². The van der Waals surface area contributed by atoms with Gasteiger partial charge in [-0.3, -0.25) is 0 Å². The lowest BCUT2D eigenvalue weighted by Gasteiger charge is -2.43. The van der Waals surface area contributed by atoms with Gasteiger partial charge in [-0.05, 0) is 51.3 Å². The molecule has 19 heavy (non-hydrogen) atoms. The van der Waals surface area contributed by atoms with Gasteiger partial charge in [0.05, 0.1) is 5.60 Å². The first-order valence-corrected chi connectivity index (χ1v) is 7.13. The summed E-state index contributed by atoms with van der Waals surface area (Å²) >= 11 is 6.08.